The van der Waals surface area contributed by atoms with Crippen molar-refractivity contribution in [3.05, 3.63) is 0 Å². The Bertz CT molecular complexity index is 231. The van der Waals surface area contributed by atoms with Crippen molar-refractivity contribution in [2.75, 3.05) is 13.2 Å². The van der Waals surface area contributed by atoms with Crippen LogP contribution >= 0.6 is 0 Å². The second-order valence-electron chi connectivity index (χ2n) is 3.41. The van der Waals surface area contributed by atoms with Crippen molar-refractivity contribution in [2.24, 2.45) is 0 Å². The van der Waals surface area contributed by atoms with Crippen LogP contribution < -0.4 is 5.32 Å². The number of nitrogens with one attached hydrogen (secondary N) is 1. The Labute approximate surface area is 88.2 Å². The van der Waals surface area contributed by atoms with Gasteiger partial charge in [0.05, 0.1) is 13.2 Å². The summed E-state index contributed by atoms with van der Waals surface area (Å²) in [7, 11) is 0. The lowest BCUT2D eigenvalue weighted by Crippen LogP contribution is -2.55. The molecule has 0 aliphatic rings. The predicted molar refractivity (Wildman–Crippen MR) is 52.5 cm³/mol. The Kier molecular flexibility index (Phi) is 5.69. The first-order valence-corrected chi connectivity index (χ1v) is 4.75. The molecule has 0 radical (unpaired) electrons. The van der Waals surface area contributed by atoms with Crippen LogP contribution in [0.15, 0.2) is 0 Å². The summed E-state index contributed by atoms with van der Waals surface area (Å²) in [5, 5.41) is 19.6. The summed E-state index contributed by atoms with van der Waals surface area (Å²) in [6.07, 6.45) is 0.766. The third kappa shape index (κ3) is 4.64. The van der Waals surface area contributed by atoms with Gasteiger partial charge in [0.1, 0.15) is 0 Å². The number of carboxylic acids is 1. The van der Waals surface area contributed by atoms with Gasteiger partial charge in [0.15, 0.2) is 5.54 Å². The molecule has 0 bridgehead atoms. The van der Waals surface area contributed by atoms with Gasteiger partial charge in [-0.1, -0.05) is 13.3 Å². The van der Waals surface area contributed by atoms with Crippen LogP contribution in [0.5, 0.6) is 0 Å². The molecule has 3 N–H and O–H groups in total. The molecule has 15 heavy (non-hydrogen) atoms. The van der Waals surface area contributed by atoms with Gasteiger partial charge in [-0.3, -0.25) is 0 Å². The highest BCUT2D eigenvalue weighted by Crippen LogP contribution is 2.03. The smallest absolute Gasteiger partial charge is 0.408 e. The topological polar surface area (TPSA) is 95.9 Å². The quantitative estimate of drug-likeness (QED) is 0.560. The van der Waals surface area contributed by atoms with E-state index in [9.17, 15) is 9.59 Å². The average molecular weight is 219 g/mol. The van der Waals surface area contributed by atoms with Crippen molar-refractivity contribution in [3.63, 3.8) is 0 Å². The van der Waals surface area contributed by atoms with Gasteiger partial charge in [0.2, 0.25) is 0 Å². The minimum Gasteiger partial charge on any atom is -0.479 e. The fraction of sp³-hybridized carbons (Fsp3) is 0.778. The highest BCUT2D eigenvalue weighted by atomic mass is 16.5. The monoisotopic (exact) mass is 219 g/mol. The van der Waals surface area contributed by atoms with Crippen LogP contribution in [0.1, 0.15) is 26.7 Å². The third-order valence-corrected chi connectivity index (χ3v) is 1.90. The first-order valence-electron chi connectivity index (χ1n) is 4.75. The number of carbonyl (C=O) groups is 2. The maximum atomic E-state index is 11.1. The second kappa shape index (κ2) is 6.23. The van der Waals surface area contributed by atoms with Crippen LogP contribution in [-0.2, 0) is 9.53 Å². The minimum atomic E-state index is -1.69. The van der Waals surface area contributed by atoms with E-state index in [1.165, 1.54) is 6.92 Å². The normalized spacial score (nSPS) is 14.1. The molecule has 0 aliphatic heterocycles. The van der Waals surface area contributed by atoms with E-state index in [4.69, 9.17) is 14.9 Å². The van der Waals surface area contributed by atoms with E-state index in [-0.39, 0.29) is 6.61 Å². The molecule has 0 saturated carbocycles. The number of carboxylic acid groups (broad SMARTS) is 1. The molecular formula is C9H17NO5. The van der Waals surface area contributed by atoms with Crippen LogP contribution in [0.4, 0.5) is 4.79 Å². The maximum Gasteiger partial charge on any atom is 0.408 e. The zero-order valence-electron chi connectivity index (χ0n) is 8.95. The van der Waals surface area contributed by atoms with E-state index >= 15 is 0 Å². The molecule has 0 aromatic carbocycles. The van der Waals surface area contributed by atoms with Crippen LogP contribution in [0.25, 0.3) is 0 Å². The highest BCUT2D eigenvalue weighted by Gasteiger charge is 2.34. The van der Waals surface area contributed by atoms with Crippen LogP contribution in [0.3, 0.4) is 0 Å². The Morgan fingerprint density at radius 1 is 1.47 bits per heavy atom. The largest absolute Gasteiger partial charge is 0.479 e. The first-order chi connectivity index (χ1) is 6.96. The van der Waals surface area contributed by atoms with Gasteiger partial charge in [-0.2, -0.15) is 0 Å². The summed E-state index contributed by atoms with van der Waals surface area (Å²) in [5.74, 6) is -1.31. The molecule has 6 nitrogen and oxygen atoms in total. The molecule has 0 spiro atoms. The number of hydrogen-bond acceptors (Lipinski definition) is 4. The third-order valence-electron chi connectivity index (χ3n) is 1.90. The summed E-state index contributed by atoms with van der Waals surface area (Å²) in [6.45, 7) is 2.70. The molecule has 0 fully saturated rings. The number of amides is 1. The van der Waals surface area contributed by atoms with Gasteiger partial charge in [-0.15, -0.1) is 0 Å². The Morgan fingerprint density at radius 2 is 2.07 bits per heavy atom. The molecule has 0 heterocycles. The molecule has 6 heteroatoms. The fourth-order valence-electron chi connectivity index (χ4n) is 0.731. The molecular weight excluding hydrogens is 202 g/mol. The molecule has 1 atom stereocenters. The summed E-state index contributed by atoms with van der Waals surface area (Å²) >= 11 is 0. The number of aliphatic hydroxyl groups excluding tert-OH is 1. The summed E-state index contributed by atoms with van der Waals surface area (Å²) in [6, 6.07) is 0. The van der Waals surface area contributed by atoms with Gasteiger partial charge < -0.3 is 20.3 Å². The van der Waals surface area contributed by atoms with E-state index in [1.54, 1.807) is 0 Å². The summed E-state index contributed by atoms with van der Waals surface area (Å²) in [4.78, 5) is 21.8. The number of rotatable bonds is 6. The van der Waals surface area contributed by atoms with Crippen LogP contribution in [-0.4, -0.2) is 41.0 Å². The van der Waals surface area contributed by atoms with E-state index in [0.717, 1.165) is 12.8 Å². The Hall–Kier alpha value is -1.30. The predicted octanol–water partition coefficient (Wildman–Crippen LogP) is 0.348. The van der Waals surface area contributed by atoms with Gasteiger partial charge in [0, 0.05) is 0 Å². The number of carbonyl (C=O) groups excluding carboxylic acids is 1. The summed E-state index contributed by atoms with van der Waals surface area (Å²) in [5.41, 5.74) is -1.69. The molecule has 0 aromatic rings. The number of unbranched alkanes of at least 4 members (excludes halogenated alkanes) is 1. The summed E-state index contributed by atoms with van der Waals surface area (Å²) < 4.78 is 4.71. The lowest BCUT2D eigenvalue weighted by atomic mass is 10.1. The second-order valence-corrected chi connectivity index (χ2v) is 3.41. The van der Waals surface area contributed by atoms with Crippen LogP contribution in [0.2, 0.25) is 0 Å². The van der Waals surface area contributed by atoms with Crippen molar-refractivity contribution in [1.82, 2.24) is 5.32 Å². The lowest BCUT2D eigenvalue weighted by molar-refractivity contribution is -0.145. The Morgan fingerprint density at radius 3 is 2.47 bits per heavy atom. The van der Waals surface area contributed by atoms with Crippen molar-refractivity contribution in [2.45, 2.75) is 32.2 Å². The first kappa shape index (κ1) is 13.7. The highest BCUT2D eigenvalue weighted by molar-refractivity contribution is 5.84. The fourth-order valence-corrected chi connectivity index (χ4v) is 0.731. The number of aliphatic carboxylic acids is 1. The van der Waals surface area contributed by atoms with E-state index < -0.39 is 24.2 Å². The number of hydrogen-bond donors (Lipinski definition) is 3. The number of aliphatic hydroxyl groups is 1. The Balaban J connectivity index is 4.08. The lowest BCUT2D eigenvalue weighted by Gasteiger charge is -2.22. The molecule has 88 valence electrons. The molecule has 0 aliphatic carbocycles. The van der Waals surface area contributed by atoms with Gasteiger partial charge in [0.25, 0.3) is 0 Å². The average Bonchev–Trinajstić information content (AvgIpc) is 2.17. The van der Waals surface area contributed by atoms with Crippen molar-refractivity contribution in [1.29, 1.82) is 0 Å². The zero-order chi connectivity index (χ0) is 11.9. The van der Waals surface area contributed by atoms with Crippen molar-refractivity contribution >= 4 is 12.1 Å². The van der Waals surface area contributed by atoms with E-state index in [1.807, 2.05) is 6.92 Å². The molecule has 0 aromatic heterocycles. The molecule has 1 amide bonds. The minimum absolute atomic E-state index is 0.240. The van der Waals surface area contributed by atoms with Gasteiger partial charge in [-0.05, 0) is 13.3 Å². The van der Waals surface area contributed by atoms with Crippen LogP contribution in [0, 0.1) is 0 Å². The number of ether oxygens (including phenoxy) is 1. The number of alkyl carbamates (subject to hydrolysis) is 1. The van der Waals surface area contributed by atoms with Gasteiger partial charge >= 0.3 is 12.1 Å². The van der Waals surface area contributed by atoms with Crippen molar-refractivity contribution < 1.29 is 24.5 Å². The molecule has 0 saturated heterocycles. The van der Waals surface area contributed by atoms with E-state index in [0.29, 0.717) is 0 Å². The van der Waals surface area contributed by atoms with E-state index in [2.05, 4.69) is 5.32 Å². The van der Waals surface area contributed by atoms with Crippen molar-refractivity contribution in [3.8, 4) is 0 Å². The SMILES string of the molecule is CCCCOC(=O)NC(C)(CO)C(=O)O. The maximum absolute atomic E-state index is 11.1. The molecule has 0 rings (SSSR count). The molecule has 1 unspecified atom stereocenters. The zero-order valence-corrected chi connectivity index (χ0v) is 8.95. The van der Waals surface area contributed by atoms with Gasteiger partial charge in [-0.25, -0.2) is 9.59 Å². The standard InChI is InChI=1S/C9H17NO5/c1-3-4-5-15-8(14)10-9(2,6-11)7(12)13/h11H,3-6H2,1-2H3,(H,10,14)(H,12,13).